The van der Waals surface area contributed by atoms with Gasteiger partial charge in [0.1, 0.15) is 5.82 Å². The number of nitrogens with zero attached hydrogens (tertiary/aromatic N) is 2. The molecule has 0 aliphatic rings. The second-order valence-corrected chi connectivity index (χ2v) is 6.08. The first-order valence-corrected chi connectivity index (χ1v) is 8.57. The van der Waals surface area contributed by atoms with Crippen molar-refractivity contribution >= 4 is 17.4 Å². The zero-order chi connectivity index (χ0) is 19.6. The fourth-order valence-corrected chi connectivity index (χ4v) is 2.92. The van der Waals surface area contributed by atoms with Gasteiger partial charge < -0.3 is 9.84 Å². The number of ether oxygens (including phenoxy) is 1. The zero-order valence-electron chi connectivity index (χ0n) is 15.0. The largest absolute Gasteiger partial charge is 0.504 e. The van der Waals surface area contributed by atoms with Gasteiger partial charge in [-0.15, -0.1) is 0 Å². The van der Waals surface area contributed by atoms with Crippen molar-refractivity contribution in [2.75, 3.05) is 6.61 Å². The van der Waals surface area contributed by atoms with Crippen molar-refractivity contribution in [3.05, 3.63) is 64.9 Å². The molecule has 0 atom stereocenters. The van der Waals surface area contributed by atoms with E-state index in [4.69, 9.17) is 4.74 Å². The van der Waals surface area contributed by atoms with E-state index in [-0.39, 0.29) is 35.9 Å². The molecule has 0 spiro atoms. The lowest BCUT2D eigenvalue weighted by atomic mass is 10.0. The summed E-state index contributed by atoms with van der Waals surface area (Å²) >= 11 is 0. The molecule has 0 bridgehead atoms. The summed E-state index contributed by atoms with van der Waals surface area (Å²) in [5.74, 6) is -1.15. The molecule has 0 unspecified atom stereocenters. The molecule has 7 heteroatoms. The molecule has 3 rings (SSSR count). The molecule has 0 amide bonds. The molecule has 27 heavy (non-hydrogen) atoms. The number of aromatic hydroxyl groups is 1. The van der Waals surface area contributed by atoms with Crippen LogP contribution in [0, 0.1) is 12.7 Å². The standard InChI is InChI=1S/C20H19FN2O4/c1-3-27-20(26)17-12(2)22-19-18(25)14(10-11-23(17)19)6-9-16(24)13-4-7-15(21)8-5-13/h4-5,7-8,10-11,25H,3,6,9H2,1-2H3. The summed E-state index contributed by atoms with van der Waals surface area (Å²) in [7, 11) is 0. The summed E-state index contributed by atoms with van der Waals surface area (Å²) in [5.41, 5.74) is 1.90. The van der Waals surface area contributed by atoms with Crippen LogP contribution in [0.3, 0.4) is 0 Å². The van der Waals surface area contributed by atoms with Crippen LogP contribution in [0.2, 0.25) is 0 Å². The molecule has 6 nitrogen and oxygen atoms in total. The van der Waals surface area contributed by atoms with E-state index in [0.717, 1.165) is 0 Å². The third kappa shape index (κ3) is 3.67. The maximum absolute atomic E-state index is 13.0. The number of fused-ring (bicyclic) bond motifs is 1. The molecular formula is C20H19FN2O4. The molecule has 0 fully saturated rings. The number of ketones is 1. The molecule has 140 valence electrons. The number of aryl methyl sites for hydroxylation is 2. The summed E-state index contributed by atoms with van der Waals surface area (Å²) in [6, 6.07) is 6.99. The Morgan fingerprint density at radius 2 is 1.93 bits per heavy atom. The van der Waals surface area contributed by atoms with E-state index < -0.39 is 11.8 Å². The summed E-state index contributed by atoms with van der Waals surface area (Å²) in [5, 5.41) is 10.5. The number of benzene rings is 1. The predicted octanol–water partition coefficient (Wildman–Crippen LogP) is 3.48. The Morgan fingerprint density at radius 1 is 1.22 bits per heavy atom. The Hall–Kier alpha value is -3.22. The van der Waals surface area contributed by atoms with Crippen molar-refractivity contribution in [1.82, 2.24) is 9.38 Å². The lowest BCUT2D eigenvalue weighted by molar-refractivity contribution is 0.0517. The lowest BCUT2D eigenvalue weighted by Crippen LogP contribution is -2.09. The highest BCUT2D eigenvalue weighted by atomic mass is 19.1. The third-order valence-corrected chi connectivity index (χ3v) is 4.28. The summed E-state index contributed by atoms with van der Waals surface area (Å²) in [6.45, 7) is 3.61. The second-order valence-electron chi connectivity index (χ2n) is 6.08. The summed E-state index contributed by atoms with van der Waals surface area (Å²) < 4.78 is 19.5. The third-order valence-electron chi connectivity index (χ3n) is 4.28. The van der Waals surface area contributed by atoms with E-state index in [1.165, 1.54) is 28.7 Å². The van der Waals surface area contributed by atoms with Crippen molar-refractivity contribution in [2.45, 2.75) is 26.7 Å². The second kappa shape index (κ2) is 7.57. The Balaban J connectivity index is 1.84. The molecule has 2 heterocycles. The monoisotopic (exact) mass is 370 g/mol. The topological polar surface area (TPSA) is 80.9 Å². The van der Waals surface area contributed by atoms with Gasteiger partial charge in [-0.25, -0.2) is 14.2 Å². The first kappa shape index (κ1) is 18.6. The fourth-order valence-electron chi connectivity index (χ4n) is 2.92. The van der Waals surface area contributed by atoms with Gasteiger partial charge in [0.05, 0.1) is 12.3 Å². The molecule has 0 aliphatic heterocycles. The van der Waals surface area contributed by atoms with Gasteiger partial charge in [0, 0.05) is 18.2 Å². The Morgan fingerprint density at radius 3 is 2.59 bits per heavy atom. The van der Waals surface area contributed by atoms with Crippen LogP contribution >= 0.6 is 0 Å². The minimum absolute atomic E-state index is 0.0805. The maximum atomic E-state index is 13.0. The van der Waals surface area contributed by atoms with Crippen LogP contribution in [0.4, 0.5) is 4.39 Å². The average molecular weight is 370 g/mol. The molecule has 0 radical (unpaired) electrons. The molecule has 3 aromatic rings. The van der Waals surface area contributed by atoms with Crippen LogP contribution < -0.4 is 0 Å². The van der Waals surface area contributed by atoms with Crippen molar-refractivity contribution in [2.24, 2.45) is 0 Å². The number of Topliss-reactive ketones (excluding diaryl/α,β-unsaturated/α-hetero) is 1. The van der Waals surface area contributed by atoms with Crippen molar-refractivity contribution < 1.29 is 23.8 Å². The Labute approximate surface area is 155 Å². The summed E-state index contributed by atoms with van der Waals surface area (Å²) in [6.07, 6.45) is 2.07. The normalized spacial score (nSPS) is 10.9. The van der Waals surface area contributed by atoms with Crippen LogP contribution in [-0.2, 0) is 11.2 Å². The van der Waals surface area contributed by atoms with E-state index in [2.05, 4.69) is 4.98 Å². The van der Waals surface area contributed by atoms with Crippen LogP contribution in [-0.4, -0.2) is 32.9 Å². The minimum Gasteiger partial charge on any atom is -0.504 e. The van der Waals surface area contributed by atoms with Crippen LogP contribution in [0.1, 0.15) is 45.4 Å². The van der Waals surface area contributed by atoms with E-state index in [1.807, 2.05) is 0 Å². The number of esters is 1. The van der Waals surface area contributed by atoms with E-state index in [1.54, 1.807) is 26.1 Å². The number of carbonyl (C=O) groups is 2. The number of hydrogen-bond acceptors (Lipinski definition) is 5. The van der Waals surface area contributed by atoms with Gasteiger partial charge in [0.2, 0.25) is 0 Å². The van der Waals surface area contributed by atoms with Gasteiger partial charge in [-0.2, -0.15) is 0 Å². The number of carbonyl (C=O) groups excluding carboxylic acids is 2. The van der Waals surface area contributed by atoms with Gasteiger partial charge in [-0.05, 0) is 56.2 Å². The van der Waals surface area contributed by atoms with Crippen molar-refractivity contribution in [1.29, 1.82) is 0 Å². The smallest absolute Gasteiger partial charge is 0.357 e. The molecule has 1 N–H and O–H groups in total. The van der Waals surface area contributed by atoms with Gasteiger partial charge in [0.25, 0.3) is 0 Å². The highest BCUT2D eigenvalue weighted by Crippen LogP contribution is 2.27. The lowest BCUT2D eigenvalue weighted by Gasteiger charge is -2.07. The quantitative estimate of drug-likeness (QED) is 0.531. The number of halogens is 1. The SMILES string of the molecule is CCOC(=O)c1c(C)nc2c(O)c(CCC(=O)c3ccc(F)cc3)ccn12. The number of imidazole rings is 1. The molecular weight excluding hydrogens is 351 g/mol. The highest BCUT2D eigenvalue weighted by molar-refractivity contribution is 5.96. The van der Waals surface area contributed by atoms with Crippen LogP contribution in [0.5, 0.6) is 5.75 Å². The van der Waals surface area contributed by atoms with E-state index in [0.29, 0.717) is 23.2 Å². The Kier molecular flexibility index (Phi) is 5.21. The molecule has 0 aliphatic carbocycles. The van der Waals surface area contributed by atoms with Crippen molar-refractivity contribution in [3.63, 3.8) is 0 Å². The zero-order valence-corrected chi connectivity index (χ0v) is 15.0. The maximum Gasteiger partial charge on any atom is 0.357 e. The van der Waals surface area contributed by atoms with Crippen LogP contribution in [0.25, 0.3) is 5.65 Å². The molecule has 0 saturated heterocycles. The Bertz CT molecular complexity index is 1010. The first-order valence-electron chi connectivity index (χ1n) is 8.57. The fraction of sp³-hybridized carbons (Fsp3) is 0.250. The number of rotatable bonds is 6. The molecule has 2 aromatic heterocycles. The van der Waals surface area contributed by atoms with E-state index >= 15 is 0 Å². The van der Waals surface area contributed by atoms with Crippen LogP contribution in [0.15, 0.2) is 36.5 Å². The van der Waals surface area contributed by atoms with Crippen molar-refractivity contribution in [3.8, 4) is 5.75 Å². The van der Waals surface area contributed by atoms with Gasteiger partial charge in [0.15, 0.2) is 22.9 Å². The highest BCUT2D eigenvalue weighted by Gasteiger charge is 2.21. The molecule has 1 aromatic carbocycles. The predicted molar refractivity (Wildman–Crippen MR) is 96.6 cm³/mol. The van der Waals surface area contributed by atoms with Gasteiger partial charge in [-0.3, -0.25) is 9.20 Å². The minimum atomic E-state index is -0.513. The number of hydrogen-bond donors (Lipinski definition) is 1. The first-order chi connectivity index (χ1) is 12.9. The number of aromatic nitrogens is 2. The number of pyridine rings is 1. The summed E-state index contributed by atoms with van der Waals surface area (Å²) in [4.78, 5) is 28.6. The average Bonchev–Trinajstić information content (AvgIpc) is 2.98. The molecule has 0 saturated carbocycles. The van der Waals surface area contributed by atoms with E-state index in [9.17, 15) is 19.1 Å². The van der Waals surface area contributed by atoms with Gasteiger partial charge >= 0.3 is 5.97 Å². The van der Waals surface area contributed by atoms with Gasteiger partial charge in [-0.1, -0.05) is 0 Å².